The van der Waals surface area contributed by atoms with Crippen LogP contribution in [0.5, 0.6) is 5.75 Å². The lowest BCUT2D eigenvalue weighted by Gasteiger charge is -2.24. The van der Waals surface area contributed by atoms with Crippen LogP contribution in [0.15, 0.2) is 48.5 Å². The van der Waals surface area contributed by atoms with Crippen LogP contribution in [0, 0.1) is 0 Å². The lowest BCUT2D eigenvalue weighted by molar-refractivity contribution is 0.207. The van der Waals surface area contributed by atoms with Crippen molar-refractivity contribution in [3.05, 3.63) is 59.1 Å². The monoisotopic (exact) mass is 500 g/mol. The molecule has 0 aliphatic rings. The number of anilines is 1. The van der Waals surface area contributed by atoms with E-state index in [2.05, 4.69) is 12.2 Å². The van der Waals surface area contributed by atoms with Crippen molar-refractivity contribution in [2.24, 2.45) is 0 Å². The number of phenols is 1. The predicted octanol–water partition coefficient (Wildman–Crippen LogP) is 9.56. The van der Waals surface area contributed by atoms with Crippen molar-refractivity contribution in [3.8, 4) is 5.75 Å². The molecule has 5 heteroatoms. The highest BCUT2D eigenvalue weighted by Crippen LogP contribution is 2.24. The number of hydrogen-bond acceptors (Lipinski definition) is 2. The van der Waals surface area contributed by atoms with Crippen LogP contribution < -0.4 is 5.32 Å². The Morgan fingerprint density at radius 1 is 0.800 bits per heavy atom. The van der Waals surface area contributed by atoms with Crippen molar-refractivity contribution in [1.82, 2.24) is 4.90 Å². The number of carbonyl (C=O) groups excluding carboxylic acids is 1. The van der Waals surface area contributed by atoms with Gasteiger partial charge in [-0.15, -0.1) is 0 Å². The van der Waals surface area contributed by atoms with Gasteiger partial charge < -0.3 is 15.3 Å². The zero-order valence-electron chi connectivity index (χ0n) is 21.6. The van der Waals surface area contributed by atoms with E-state index in [0.717, 1.165) is 18.5 Å². The SMILES string of the molecule is CCCCCCCCCCCCCCCCN(Cc1cc(Cl)ccc1O)C(=O)Nc1ccccc1. The van der Waals surface area contributed by atoms with E-state index >= 15 is 0 Å². The van der Waals surface area contributed by atoms with Crippen molar-refractivity contribution >= 4 is 23.3 Å². The van der Waals surface area contributed by atoms with Gasteiger partial charge in [0.25, 0.3) is 0 Å². The van der Waals surface area contributed by atoms with E-state index in [1.807, 2.05) is 30.3 Å². The molecule has 0 aromatic heterocycles. The number of unbranched alkanes of at least 4 members (excludes halogenated alkanes) is 13. The lowest BCUT2D eigenvalue weighted by Crippen LogP contribution is -2.35. The summed E-state index contributed by atoms with van der Waals surface area (Å²) in [4.78, 5) is 14.7. The molecular weight excluding hydrogens is 456 g/mol. The van der Waals surface area contributed by atoms with Crippen LogP contribution in [0.25, 0.3) is 0 Å². The summed E-state index contributed by atoms with van der Waals surface area (Å²) in [6.07, 6.45) is 18.2. The van der Waals surface area contributed by atoms with Crippen LogP contribution in [-0.4, -0.2) is 22.6 Å². The van der Waals surface area contributed by atoms with Crippen LogP contribution in [0.4, 0.5) is 10.5 Å². The summed E-state index contributed by atoms with van der Waals surface area (Å²) in [6.45, 7) is 3.23. The van der Waals surface area contributed by atoms with E-state index in [1.165, 1.54) is 77.0 Å². The van der Waals surface area contributed by atoms with Crippen molar-refractivity contribution in [1.29, 1.82) is 0 Å². The number of phenolic OH excluding ortho intramolecular Hbond substituents is 1. The molecule has 2 amide bonds. The van der Waals surface area contributed by atoms with E-state index in [1.54, 1.807) is 23.1 Å². The maximum atomic E-state index is 13.0. The normalized spacial score (nSPS) is 10.9. The molecule has 2 rings (SSSR count). The first kappa shape index (κ1) is 29.0. The van der Waals surface area contributed by atoms with Gasteiger partial charge in [0.2, 0.25) is 0 Å². The Morgan fingerprint density at radius 2 is 1.34 bits per heavy atom. The Kier molecular flexibility index (Phi) is 15.0. The summed E-state index contributed by atoms with van der Waals surface area (Å²) < 4.78 is 0. The second kappa shape index (κ2) is 18.1. The van der Waals surface area contributed by atoms with Gasteiger partial charge in [-0.1, -0.05) is 120 Å². The Hall–Kier alpha value is -2.20. The third-order valence-electron chi connectivity index (χ3n) is 6.50. The maximum Gasteiger partial charge on any atom is 0.322 e. The number of urea groups is 1. The van der Waals surface area contributed by atoms with Gasteiger partial charge in [-0.25, -0.2) is 4.79 Å². The topological polar surface area (TPSA) is 52.6 Å². The molecule has 0 aliphatic carbocycles. The molecule has 0 atom stereocenters. The largest absolute Gasteiger partial charge is 0.508 e. The number of benzene rings is 2. The highest BCUT2D eigenvalue weighted by molar-refractivity contribution is 6.30. The average Bonchev–Trinajstić information content (AvgIpc) is 2.86. The highest BCUT2D eigenvalue weighted by atomic mass is 35.5. The van der Waals surface area contributed by atoms with E-state index in [0.29, 0.717) is 23.7 Å². The molecule has 0 radical (unpaired) electrons. The average molecular weight is 501 g/mol. The molecule has 4 nitrogen and oxygen atoms in total. The Morgan fingerprint density at radius 3 is 1.91 bits per heavy atom. The van der Waals surface area contributed by atoms with Crippen molar-refractivity contribution < 1.29 is 9.90 Å². The molecular formula is C30H45ClN2O2. The minimum absolute atomic E-state index is 0.160. The first-order valence-electron chi connectivity index (χ1n) is 13.7. The van der Waals surface area contributed by atoms with Gasteiger partial charge in [-0.3, -0.25) is 0 Å². The molecule has 0 aliphatic heterocycles. The molecule has 35 heavy (non-hydrogen) atoms. The summed E-state index contributed by atoms with van der Waals surface area (Å²) >= 11 is 6.12. The van der Waals surface area contributed by atoms with Gasteiger partial charge >= 0.3 is 6.03 Å². The summed E-state index contributed by atoms with van der Waals surface area (Å²) in [7, 11) is 0. The third kappa shape index (κ3) is 12.9. The van der Waals surface area contributed by atoms with Gasteiger partial charge in [0.15, 0.2) is 0 Å². The zero-order valence-corrected chi connectivity index (χ0v) is 22.4. The van der Waals surface area contributed by atoms with Gasteiger partial charge in [0.1, 0.15) is 5.75 Å². The molecule has 0 saturated carbocycles. The van der Waals surface area contributed by atoms with Gasteiger partial charge in [-0.05, 0) is 36.8 Å². The molecule has 0 bridgehead atoms. The highest BCUT2D eigenvalue weighted by Gasteiger charge is 2.16. The Bertz CT molecular complexity index is 828. The van der Waals surface area contributed by atoms with Crippen molar-refractivity contribution in [2.45, 2.75) is 103 Å². The van der Waals surface area contributed by atoms with Crippen LogP contribution >= 0.6 is 11.6 Å². The number of amides is 2. The van der Waals surface area contributed by atoms with Crippen LogP contribution in [0.2, 0.25) is 5.02 Å². The summed E-state index contributed by atoms with van der Waals surface area (Å²) in [6, 6.07) is 14.3. The minimum Gasteiger partial charge on any atom is -0.508 e. The number of carbonyl (C=O) groups is 1. The standard InChI is InChI=1S/C30H45ClN2O2/c1-2-3-4-5-6-7-8-9-10-11-12-13-14-18-23-33(25-26-24-27(31)21-22-29(26)34)30(35)32-28-19-16-15-17-20-28/h15-17,19-22,24,34H,2-14,18,23,25H2,1H3,(H,32,35). The van der Waals surface area contributed by atoms with Gasteiger partial charge in [-0.2, -0.15) is 0 Å². The smallest absolute Gasteiger partial charge is 0.322 e. The molecule has 2 aromatic rings. The summed E-state index contributed by atoms with van der Waals surface area (Å²) in [5, 5.41) is 13.8. The molecule has 0 spiro atoms. The third-order valence-corrected chi connectivity index (χ3v) is 6.73. The van der Waals surface area contributed by atoms with Crippen LogP contribution in [0.1, 0.15) is 102 Å². The second-order valence-electron chi connectivity index (χ2n) is 9.59. The molecule has 2 aromatic carbocycles. The van der Waals surface area contributed by atoms with Crippen molar-refractivity contribution in [3.63, 3.8) is 0 Å². The second-order valence-corrected chi connectivity index (χ2v) is 10.0. The molecule has 2 N–H and O–H groups in total. The van der Waals surface area contributed by atoms with Gasteiger partial charge in [0, 0.05) is 22.8 Å². The number of halogens is 1. The molecule has 0 fully saturated rings. The first-order valence-corrected chi connectivity index (χ1v) is 14.1. The number of nitrogens with zero attached hydrogens (tertiary/aromatic N) is 1. The Labute approximate surface area is 218 Å². The number of hydrogen-bond donors (Lipinski definition) is 2. The zero-order chi connectivity index (χ0) is 25.1. The number of aromatic hydroxyl groups is 1. The molecule has 0 saturated heterocycles. The van der Waals surface area contributed by atoms with E-state index in [-0.39, 0.29) is 11.8 Å². The lowest BCUT2D eigenvalue weighted by atomic mass is 10.0. The predicted molar refractivity (Wildman–Crippen MR) is 149 cm³/mol. The quantitative estimate of drug-likeness (QED) is 0.200. The molecule has 194 valence electrons. The number of nitrogens with one attached hydrogen (secondary N) is 1. The minimum atomic E-state index is -0.162. The molecule has 0 unspecified atom stereocenters. The van der Waals surface area contributed by atoms with E-state index in [9.17, 15) is 9.90 Å². The van der Waals surface area contributed by atoms with E-state index in [4.69, 9.17) is 11.6 Å². The summed E-state index contributed by atoms with van der Waals surface area (Å²) in [5.74, 6) is 0.160. The van der Waals surface area contributed by atoms with Gasteiger partial charge in [0.05, 0.1) is 6.54 Å². The van der Waals surface area contributed by atoms with Crippen LogP contribution in [-0.2, 0) is 6.54 Å². The van der Waals surface area contributed by atoms with E-state index < -0.39 is 0 Å². The molecule has 0 heterocycles. The summed E-state index contributed by atoms with van der Waals surface area (Å²) in [5.41, 5.74) is 1.42. The first-order chi connectivity index (χ1) is 17.1. The fraction of sp³-hybridized carbons (Fsp3) is 0.567. The van der Waals surface area contributed by atoms with Crippen molar-refractivity contribution in [2.75, 3.05) is 11.9 Å². The maximum absolute atomic E-state index is 13.0. The Balaban J connectivity index is 1.67. The number of para-hydroxylation sites is 1. The number of rotatable bonds is 18. The fourth-order valence-electron chi connectivity index (χ4n) is 4.36. The van der Waals surface area contributed by atoms with Crippen LogP contribution in [0.3, 0.4) is 0 Å². The fourth-order valence-corrected chi connectivity index (χ4v) is 4.55.